The number of carbonyl (C=O) groups is 2. The molecule has 0 saturated heterocycles. The Morgan fingerprint density at radius 3 is 2.19 bits per heavy atom. The van der Waals surface area contributed by atoms with Gasteiger partial charge < -0.3 is 15.0 Å². The van der Waals surface area contributed by atoms with E-state index in [1.165, 1.54) is 16.7 Å². The van der Waals surface area contributed by atoms with Gasteiger partial charge in [0.2, 0.25) is 11.8 Å². The number of rotatable bonds is 16. The number of aryl methyl sites for hydroxylation is 1. The molecule has 0 aliphatic rings. The highest BCUT2D eigenvalue weighted by Crippen LogP contribution is 2.33. The lowest BCUT2D eigenvalue weighted by Gasteiger charge is -2.34. The smallest absolute Gasteiger partial charge is 0.264 e. The van der Waals surface area contributed by atoms with E-state index in [1.54, 1.807) is 48.5 Å². The SMILES string of the molecule is CCOc1ccccc1N(CC(=O)N(Cc1cccc(C)c1)C(Cc1ccccc1)C(=O)NC(C)CC)S(=O)(=O)c1ccc(SC)cc1. The summed E-state index contributed by atoms with van der Waals surface area (Å²) in [7, 11) is -4.26. The van der Waals surface area contributed by atoms with Crippen LogP contribution in [0.25, 0.3) is 0 Å². The van der Waals surface area contributed by atoms with E-state index < -0.39 is 28.5 Å². The van der Waals surface area contributed by atoms with E-state index in [1.807, 2.05) is 88.5 Å². The maximum atomic E-state index is 14.8. The van der Waals surface area contributed by atoms with E-state index >= 15 is 0 Å². The van der Waals surface area contributed by atoms with Gasteiger partial charge in [-0.25, -0.2) is 8.42 Å². The molecule has 0 spiro atoms. The Morgan fingerprint density at radius 2 is 1.54 bits per heavy atom. The number of anilines is 1. The second kappa shape index (κ2) is 17.2. The van der Waals surface area contributed by atoms with Gasteiger partial charge in [-0.3, -0.25) is 13.9 Å². The number of para-hydroxylation sites is 2. The van der Waals surface area contributed by atoms with Crippen LogP contribution in [0.2, 0.25) is 0 Å². The van der Waals surface area contributed by atoms with Crippen molar-refractivity contribution in [2.24, 2.45) is 0 Å². The van der Waals surface area contributed by atoms with Crippen LogP contribution in [0.1, 0.15) is 43.9 Å². The third-order valence-electron chi connectivity index (χ3n) is 8.07. The molecule has 2 amide bonds. The van der Waals surface area contributed by atoms with E-state index in [0.717, 1.165) is 25.9 Å². The molecule has 0 heterocycles. The lowest BCUT2D eigenvalue weighted by atomic mass is 10.0. The molecule has 1 N–H and O–H groups in total. The molecule has 8 nitrogen and oxygen atoms in total. The summed E-state index contributed by atoms with van der Waals surface area (Å²) in [5, 5.41) is 3.07. The number of carbonyl (C=O) groups excluding carboxylic acids is 2. The molecule has 0 aliphatic carbocycles. The molecular weight excluding hydrogens is 643 g/mol. The van der Waals surface area contributed by atoms with Gasteiger partial charge in [-0.2, -0.15) is 0 Å². The zero-order valence-electron chi connectivity index (χ0n) is 28.3. The molecule has 4 aromatic carbocycles. The molecule has 10 heteroatoms. The highest BCUT2D eigenvalue weighted by Gasteiger charge is 2.36. The van der Waals surface area contributed by atoms with Crippen LogP contribution in [0.3, 0.4) is 0 Å². The highest BCUT2D eigenvalue weighted by molar-refractivity contribution is 7.98. The summed E-state index contributed by atoms with van der Waals surface area (Å²) in [4.78, 5) is 31.3. The van der Waals surface area contributed by atoms with Crippen molar-refractivity contribution in [1.82, 2.24) is 10.2 Å². The largest absolute Gasteiger partial charge is 0.492 e. The molecule has 2 atom stereocenters. The van der Waals surface area contributed by atoms with E-state index in [4.69, 9.17) is 4.74 Å². The van der Waals surface area contributed by atoms with Gasteiger partial charge in [0.1, 0.15) is 18.3 Å². The Morgan fingerprint density at radius 1 is 0.875 bits per heavy atom. The highest BCUT2D eigenvalue weighted by atomic mass is 32.2. The maximum Gasteiger partial charge on any atom is 0.264 e. The predicted molar refractivity (Wildman–Crippen MR) is 194 cm³/mol. The lowest BCUT2D eigenvalue weighted by molar-refractivity contribution is -0.140. The van der Waals surface area contributed by atoms with Crippen molar-refractivity contribution in [3.05, 3.63) is 120 Å². The van der Waals surface area contributed by atoms with Crippen molar-refractivity contribution < 1.29 is 22.7 Å². The molecule has 0 saturated carbocycles. The van der Waals surface area contributed by atoms with Crippen molar-refractivity contribution >= 4 is 39.3 Å². The third kappa shape index (κ3) is 9.41. The number of hydrogen-bond acceptors (Lipinski definition) is 6. The molecule has 4 aromatic rings. The second-order valence-electron chi connectivity index (χ2n) is 11.6. The van der Waals surface area contributed by atoms with E-state index in [9.17, 15) is 18.0 Å². The first-order valence-electron chi connectivity index (χ1n) is 16.1. The van der Waals surface area contributed by atoms with Crippen LogP contribution in [0, 0.1) is 6.92 Å². The number of thioether (sulfide) groups is 1. The van der Waals surface area contributed by atoms with E-state index in [2.05, 4.69) is 5.32 Å². The van der Waals surface area contributed by atoms with Crippen LogP contribution < -0.4 is 14.4 Å². The summed E-state index contributed by atoms with van der Waals surface area (Å²) >= 11 is 1.50. The Bertz CT molecular complexity index is 1760. The number of hydrogen-bond donors (Lipinski definition) is 1. The van der Waals surface area contributed by atoms with Gasteiger partial charge in [0.15, 0.2) is 0 Å². The number of benzene rings is 4. The van der Waals surface area contributed by atoms with E-state index in [0.29, 0.717) is 18.8 Å². The van der Waals surface area contributed by atoms with Crippen LogP contribution in [-0.2, 0) is 32.6 Å². The second-order valence-corrected chi connectivity index (χ2v) is 14.4. The number of sulfonamides is 1. The first kappa shape index (κ1) is 36.6. The summed E-state index contributed by atoms with van der Waals surface area (Å²) in [6.07, 6.45) is 2.88. The Labute approximate surface area is 289 Å². The fourth-order valence-corrected chi connectivity index (χ4v) is 7.16. The molecule has 4 rings (SSSR count). The van der Waals surface area contributed by atoms with Crippen LogP contribution in [0.15, 0.2) is 113 Å². The number of nitrogens with one attached hydrogen (secondary N) is 1. The van der Waals surface area contributed by atoms with Gasteiger partial charge in [0.25, 0.3) is 10.0 Å². The normalized spacial score (nSPS) is 12.5. The minimum Gasteiger partial charge on any atom is -0.492 e. The van der Waals surface area contributed by atoms with E-state index in [-0.39, 0.29) is 35.5 Å². The van der Waals surface area contributed by atoms with Crippen LogP contribution in [-0.4, -0.2) is 56.6 Å². The summed E-state index contributed by atoms with van der Waals surface area (Å²) in [5.74, 6) is -0.490. The summed E-state index contributed by atoms with van der Waals surface area (Å²) in [6.45, 7) is 7.54. The molecule has 0 aliphatic heterocycles. The Kier molecular flexibility index (Phi) is 13.1. The minimum absolute atomic E-state index is 0.0417. The molecule has 0 fully saturated rings. The molecule has 0 aromatic heterocycles. The average molecular weight is 688 g/mol. The molecule has 48 heavy (non-hydrogen) atoms. The molecule has 0 bridgehead atoms. The maximum absolute atomic E-state index is 14.8. The fourth-order valence-electron chi connectivity index (χ4n) is 5.33. The average Bonchev–Trinajstić information content (AvgIpc) is 3.09. The van der Waals surface area contributed by atoms with Crippen molar-refractivity contribution in [2.45, 2.75) is 69.0 Å². The standard InChI is InChI=1S/C38H45N3O5S2/c1-6-29(4)39-38(43)35(25-30-15-9-8-10-16-30)40(26-31-17-13-14-28(3)24-31)37(42)27-41(34-18-11-12-19-36(34)46-7-2)48(44,45)33-22-20-32(47-5)21-23-33/h8-24,29,35H,6-7,25-27H2,1-5H3,(H,39,43). The first-order valence-corrected chi connectivity index (χ1v) is 18.8. The van der Waals surface area contributed by atoms with Crippen LogP contribution in [0.5, 0.6) is 5.75 Å². The van der Waals surface area contributed by atoms with Crippen molar-refractivity contribution in [3.8, 4) is 5.75 Å². The zero-order chi connectivity index (χ0) is 34.7. The first-order chi connectivity index (χ1) is 23.1. The Hall–Kier alpha value is -4.28. The summed E-state index contributed by atoms with van der Waals surface area (Å²) in [5.41, 5.74) is 2.95. The number of amides is 2. The van der Waals surface area contributed by atoms with Crippen LogP contribution >= 0.6 is 11.8 Å². The molecule has 0 radical (unpaired) electrons. The topological polar surface area (TPSA) is 96.0 Å². The summed E-state index contributed by atoms with van der Waals surface area (Å²) in [6, 6.07) is 29.6. The molecule has 254 valence electrons. The number of ether oxygens (including phenoxy) is 1. The van der Waals surface area contributed by atoms with Crippen molar-refractivity contribution in [3.63, 3.8) is 0 Å². The molecular formula is C38H45N3O5S2. The van der Waals surface area contributed by atoms with Crippen molar-refractivity contribution in [2.75, 3.05) is 23.7 Å². The van der Waals surface area contributed by atoms with Gasteiger partial charge in [0.05, 0.1) is 17.2 Å². The minimum atomic E-state index is -4.26. The fraction of sp³-hybridized carbons (Fsp3) is 0.316. The van der Waals surface area contributed by atoms with Gasteiger partial charge in [0, 0.05) is 23.9 Å². The van der Waals surface area contributed by atoms with Gasteiger partial charge in [-0.1, -0.05) is 79.2 Å². The van der Waals surface area contributed by atoms with Gasteiger partial charge in [-0.15, -0.1) is 11.8 Å². The zero-order valence-corrected chi connectivity index (χ0v) is 29.9. The molecule has 2 unspecified atom stereocenters. The van der Waals surface area contributed by atoms with Crippen molar-refractivity contribution in [1.29, 1.82) is 0 Å². The lowest BCUT2D eigenvalue weighted by Crippen LogP contribution is -2.54. The third-order valence-corrected chi connectivity index (χ3v) is 10.6. The quantitative estimate of drug-likeness (QED) is 0.129. The summed E-state index contributed by atoms with van der Waals surface area (Å²) < 4.78 is 35.8. The van der Waals surface area contributed by atoms with Gasteiger partial charge >= 0.3 is 0 Å². The Balaban J connectivity index is 1.85. The van der Waals surface area contributed by atoms with Crippen LogP contribution in [0.4, 0.5) is 5.69 Å². The monoisotopic (exact) mass is 687 g/mol. The number of nitrogens with zero attached hydrogens (tertiary/aromatic N) is 2. The van der Waals surface area contributed by atoms with Gasteiger partial charge in [-0.05, 0) is 81.0 Å². The predicted octanol–water partition coefficient (Wildman–Crippen LogP) is 6.87.